The van der Waals surface area contributed by atoms with Crippen molar-refractivity contribution in [1.29, 1.82) is 0 Å². The van der Waals surface area contributed by atoms with E-state index in [4.69, 9.17) is 4.74 Å². The number of nitrogens with zero attached hydrogens (tertiary/aromatic N) is 1. The third kappa shape index (κ3) is 4.04. The normalized spacial score (nSPS) is 20.3. The molecule has 1 aliphatic rings. The number of rotatable bonds is 5. The van der Waals surface area contributed by atoms with Crippen LogP contribution in [0.3, 0.4) is 0 Å². The van der Waals surface area contributed by atoms with Crippen LogP contribution < -0.4 is 10.1 Å². The van der Waals surface area contributed by atoms with Gasteiger partial charge in [0, 0.05) is 18.2 Å². The van der Waals surface area contributed by atoms with Gasteiger partial charge in [0.1, 0.15) is 5.75 Å². The summed E-state index contributed by atoms with van der Waals surface area (Å²) >= 11 is 0. The molecule has 0 aromatic heterocycles. The fourth-order valence-electron chi connectivity index (χ4n) is 2.95. The highest BCUT2D eigenvalue weighted by atomic mass is 16.5. The van der Waals surface area contributed by atoms with Gasteiger partial charge in [-0.15, -0.1) is 0 Å². The average Bonchev–Trinajstić information content (AvgIpc) is 2.59. The van der Waals surface area contributed by atoms with Crippen molar-refractivity contribution in [2.45, 2.75) is 25.8 Å². The van der Waals surface area contributed by atoms with Crippen molar-refractivity contribution in [2.24, 2.45) is 5.92 Å². The van der Waals surface area contributed by atoms with Gasteiger partial charge in [0.15, 0.2) is 0 Å². The van der Waals surface area contributed by atoms with E-state index >= 15 is 0 Å². The number of likely N-dealkylation sites (tertiary alicyclic amines) is 1. The van der Waals surface area contributed by atoms with E-state index in [-0.39, 0.29) is 24.4 Å². The molecule has 0 aliphatic carbocycles. The van der Waals surface area contributed by atoms with Crippen LogP contribution in [0.2, 0.25) is 0 Å². The third-order valence-corrected chi connectivity index (χ3v) is 4.36. The Balaban J connectivity index is 1.94. The summed E-state index contributed by atoms with van der Waals surface area (Å²) in [7, 11) is 1.51. The highest BCUT2D eigenvalue weighted by molar-refractivity contribution is 5.96. The zero-order valence-corrected chi connectivity index (χ0v) is 13.8. The first-order valence-corrected chi connectivity index (χ1v) is 7.88. The summed E-state index contributed by atoms with van der Waals surface area (Å²) in [4.78, 5) is 37.2. The predicted molar refractivity (Wildman–Crippen MR) is 86.9 cm³/mol. The fourth-order valence-corrected chi connectivity index (χ4v) is 2.95. The number of hydrogen-bond donors (Lipinski definition) is 2. The van der Waals surface area contributed by atoms with Crippen molar-refractivity contribution < 1.29 is 24.2 Å². The van der Waals surface area contributed by atoms with Gasteiger partial charge in [-0.3, -0.25) is 14.4 Å². The van der Waals surface area contributed by atoms with E-state index in [0.29, 0.717) is 30.7 Å². The molecule has 0 radical (unpaired) electrons. The second-order valence-corrected chi connectivity index (χ2v) is 5.83. The van der Waals surface area contributed by atoms with E-state index in [1.807, 2.05) is 0 Å². The number of benzene rings is 1. The first-order valence-electron chi connectivity index (χ1n) is 7.88. The predicted octanol–water partition coefficient (Wildman–Crippen LogP) is 1.14. The quantitative estimate of drug-likeness (QED) is 0.842. The molecule has 24 heavy (non-hydrogen) atoms. The third-order valence-electron chi connectivity index (χ3n) is 4.36. The van der Waals surface area contributed by atoms with E-state index in [9.17, 15) is 19.5 Å². The second kappa shape index (κ2) is 7.81. The lowest BCUT2D eigenvalue weighted by atomic mass is 9.90. The highest BCUT2D eigenvalue weighted by Crippen LogP contribution is 2.23. The van der Waals surface area contributed by atoms with Crippen LogP contribution in [0.1, 0.15) is 30.1 Å². The lowest BCUT2D eigenvalue weighted by Gasteiger charge is -2.37. The van der Waals surface area contributed by atoms with E-state index in [1.54, 1.807) is 31.2 Å². The first-order chi connectivity index (χ1) is 11.4. The maximum absolute atomic E-state index is 12.3. The number of carboxylic acids is 1. The van der Waals surface area contributed by atoms with Crippen molar-refractivity contribution in [3.05, 3.63) is 29.8 Å². The van der Waals surface area contributed by atoms with Crippen LogP contribution >= 0.6 is 0 Å². The molecule has 0 unspecified atom stereocenters. The maximum Gasteiger partial charge on any atom is 0.308 e. The standard InChI is InChI=1S/C17H22N2O5/c1-11-14(17(22)23)7-4-8-19(11)15(20)10-18-16(21)12-5-3-6-13(9-12)24-2/h3,5-6,9,11,14H,4,7-8,10H2,1-2H3,(H,18,21)(H,22,23)/t11-,14-/m0/s1. The number of ether oxygens (including phenoxy) is 1. The zero-order valence-electron chi connectivity index (χ0n) is 13.8. The number of nitrogens with one attached hydrogen (secondary N) is 1. The smallest absolute Gasteiger partial charge is 0.308 e. The fraction of sp³-hybridized carbons (Fsp3) is 0.471. The van der Waals surface area contributed by atoms with Gasteiger partial charge in [-0.1, -0.05) is 6.07 Å². The lowest BCUT2D eigenvalue weighted by molar-refractivity contribution is -0.148. The number of carbonyl (C=O) groups is 3. The summed E-state index contributed by atoms with van der Waals surface area (Å²) in [5, 5.41) is 11.8. The number of piperidine rings is 1. The van der Waals surface area contributed by atoms with Crippen LogP contribution in [0.5, 0.6) is 5.75 Å². The molecule has 0 saturated carbocycles. The van der Waals surface area contributed by atoms with Crippen LogP contribution in [-0.4, -0.2) is 54.0 Å². The van der Waals surface area contributed by atoms with Gasteiger partial charge in [0.2, 0.25) is 5.91 Å². The van der Waals surface area contributed by atoms with Gasteiger partial charge in [0.25, 0.3) is 5.91 Å². The minimum absolute atomic E-state index is 0.160. The number of methoxy groups -OCH3 is 1. The molecule has 0 bridgehead atoms. The number of carboxylic acid groups (broad SMARTS) is 1. The van der Waals surface area contributed by atoms with Gasteiger partial charge >= 0.3 is 5.97 Å². The number of carbonyl (C=O) groups excluding carboxylic acids is 2. The number of amides is 2. The molecular formula is C17H22N2O5. The molecule has 130 valence electrons. The summed E-state index contributed by atoms with van der Waals surface area (Å²) in [5.74, 6) is -1.54. The summed E-state index contributed by atoms with van der Waals surface area (Å²) in [6.45, 7) is 2.09. The Morgan fingerprint density at radius 2 is 2.12 bits per heavy atom. The Morgan fingerprint density at radius 1 is 1.38 bits per heavy atom. The van der Waals surface area contributed by atoms with Gasteiger partial charge < -0.3 is 20.1 Å². The molecule has 2 amide bonds. The Kier molecular flexibility index (Phi) is 5.78. The summed E-state index contributed by atoms with van der Waals surface area (Å²) < 4.78 is 5.06. The molecule has 1 saturated heterocycles. The average molecular weight is 334 g/mol. The molecular weight excluding hydrogens is 312 g/mol. The molecule has 2 atom stereocenters. The van der Waals surface area contributed by atoms with Crippen LogP contribution in [0.15, 0.2) is 24.3 Å². The molecule has 1 aromatic rings. The molecule has 7 nitrogen and oxygen atoms in total. The Labute approximate surface area is 140 Å². The molecule has 1 aliphatic heterocycles. The molecule has 1 fully saturated rings. The Morgan fingerprint density at radius 3 is 2.79 bits per heavy atom. The highest BCUT2D eigenvalue weighted by Gasteiger charge is 2.35. The van der Waals surface area contributed by atoms with Crippen molar-refractivity contribution in [3.8, 4) is 5.75 Å². The summed E-state index contributed by atoms with van der Waals surface area (Å²) in [6.07, 6.45) is 1.22. The van der Waals surface area contributed by atoms with Crippen LogP contribution in [0.25, 0.3) is 0 Å². The van der Waals surface area contributed by atoms with Crippen molar-refractivity contribution in [2.75, 3.05) is 20.2 Å². The van der Waals surface area contributed by atoms with Gasteiger partial charge in [-0.2, -0.15) is 0 Å². The molecule has 7 heteroatoms. The van der Waals surface area contributed by atoms with E-state index in [1.165, 1.54) is 12.0 Å². The van der Waals surface area contributed by atoms with E-state index < -0.39 is 11.9 Å². The molecule has 2 rings (SSSR count). The monoisotopic (exact) mass is 334 g/mol. The Bertz CT molecular complexity index is 631. The first kappa shape index (κ1) is 17.8. The molecule has 0 spiro atoms. The summed E-state index contributed by atoms with van der Waals surface area (Å²) in [6, 6.07) is 6.26. The maximum atomic E-state index is 12.3. The second-order valence-electron chi connectivity index (χ2n) is 5.83. The van der Waals surface area contributed by atoms with Crippen LogP contribution in [0.4, 0.5) is 0 Å². The van der Waals surface area contributed by atoms with Gasteiger partial charge in [-0.05, 0) is 38.0 Å². The molecule has 1 aromatic carbocycles. The Hall–Kier alpha value is -2.57. The minimum atomic E-state index is -0.889. The van der Waals surface area contributed by atoms with Crippen molar-refractivity contribution in [3.63, 3.8) is 0 Å². The topological polar surface area (TPSA) is 95.9 Å². The van der Waals surface area contributed by atoms with Crippen LogP contribution in [0, 0.1) is 5.92 Å². The van der Waals surface area contributed by atoms with Gasteiger partial charge in [-0.25, -0.2) is 0 Å². The van der Waals surface area contributed by atoms with Crippen molar-refractivity contribution in [1.82, 2.24) is 10.2 Å². The zero-order chi connectivity index (χ0) is 17.7. The molecule has 1 heterocycles. The van der Waals surface area contributed by atoms with E-state index in [0.717, 1.165) is 0 Å². The van der Waals surface area contributed by atoms with Crippen LogP contribution in [-0.2, 0) is 9.59 Å². The molecule has 2 N–H and O–H groups in total. The van der Waals surface area contributed by atoms with Gasteiger partial charge in [0.05, 0.1) is 19.6 Å². The minimum Gasteiger partial charge on any atom is -0.497 e. The van der Waals surface area contributed by atoms with Crippen molar-refractivity contribution >= 4 is 17.8 Å². The largest absolute Gasteiger partial charge is 0.497 e. The summed E-state index contributed by atoms with van der Waals surface area (Å²) in [5.41, 5.74) is 0.400. The number of aliphatic carboxylic acids is 1. The lowest BCUT2D eigenvalue weighted by Crippen LogP contribution is -2.51. The van der Waals surface area contributed by atoms with E-state index in [2.05, 4.69) is 5.32 Å². The SMILES string of the molecule is COc1cccc(C(=O)NCC(=O)N2CCC[C@H](C(=O)O)[C@@H]2C)c1. The number of hydrogen-bond acceptors (Lipinski definition) is 4.